The lowest BCUT2D eigenvalue weighted by Crippen LogP contribution is -1.93. The van der Waals surface area contributed by atoms with E-state index in [1.54, 1.807) is 0 Å². The number of hydrogen-bond donors (Lipinski definition) is 1. The fourth-order valence-electron chi connectivity index (χ4n) is 0.880. The molecule has 0 fully saturated rings. The van der Waals surface area contributed by atoms with Crippen LogP contribution < -0.4 is 0 Å². The molecule has 1 N–H and O–H groups in total. The third kappa shape index (κ3) is 16.4. The van der Waals surface area contributed by atoms with Crippen LogP contribution in [0, 0.1) is 0 Å². The molecule has 74 valence electrons. The molecule has 0 aromatic rings. The molecule has 0 atom stereocenters. The summed E-state index contributed by atoms with van der Waals surface area (Å²) in [6.07, 6.45) is 7.36. The Morgan fingerprint density at radius 2 is 1.67 bits per heavy atom. The number of aliphatic carboxylic acids is 1. The number of rotatable bonds is 6. The molecule has 0 saturated heterocycles. The van der Waals surface area contributed by atoms with Gasteiger partial charge in [0.15, 0.2) is 0 Å². The van der Waals surface area contributed by atoms with E-state index in [0.29, 0.717) is 6.42 Å². The smallest absolute Gasteiger partial charge is 0.303 e. The average molecular weight is 195 g/mol. The summed E-state index contributed by atoms with van der Waals surface area (Å²) in [6.45, 7) is 2.15. The van der Waals surface area contributed by atoms with Crippen LogP contribution in [0.5, 0.6) is 0 Å². The van der Waals surface area contributed by atoms with Gasteiger partial charge in [0, 0.05) is 12.8 Å². The highest BCUT2D eigenvalue weighted by molar-refractivity contribution is 6.15. The average Bonchev–Trinajstić information content (AvgIpc) is 2.07. The lowest BCUT2D eigenvalue weighted by Gasteiger charge is -1.95. The molecule has 0 aromatic carbocycles. The highest BCUT2D eigenvalue weighted by Gasteiger charge is 1.94. The number of carbonyl (C=O) groups is 1. The Kier molecular flexibility index (Phi) is 15.9. The summed E-state index contributed by atoms with van der Waals surface area (Å²) in [5.74, 6) is -0.670. The van der Waals surface area contributed by atoms with Gasteiger partial charge in [0.05, 0.1) is 0 Å². The van der Waals surface area contributed by atoms with Crippen molar-refractivity contribution in [1.82, 2.24) is 0 Å². The van der Waals surface area contributed by atoms with Gasteiger partial charge in [-0.2, -0.15) is 0 Å². The van der Waals surface area contributed by atoms with Crippen molar-refractivity contribution in [3.63, 3.8) is 0 Å². The number of halogens is 1. The molecule has 2 nitrogen and oxygen atoms in total. The van der Waals surface area contributed by atoms with Crippen molar-refractivity contribution in [2.24, 2.45) is 0 Å². The molecular weight excluding hydrogens is 176 g/mol. The SMILES string of the molecule is CCCCCCCC(=O)O.CCl. The van der Waals surface area contributed by atoms with E-state index in [-0.39, 0.29) is 0 Å². The normalized spacial score (nSPS) is 8.58. The van der Waals surface area contributed by atoms with Crippen LogP contribution in [0.3, 0.4) is 0 Å². The monoisotopic (exact) mass is 194 g/mol. The van der Waals surface area contributed by atoms with Gasteiger partial charge in [-0.25, -0.2) is 0 Å². The minimum absolute atomic E-state index is 0.337. The minimum Gasteiger partial charge on any atom is -0.481 e. The molecule has 3 heteroatoms. The van der Waals surface area contributed by atoms with Crippen molar-refractivity contribution in [2.45, 2.75) is 45.4 Å². The van der Waals surface area contributed by atoms with Crippen LogP contribution in [0.25, 0.3) is 0 Å². The Hall–Kier alpha value is -0.240. The van der Waals surface area contributed by atoms with E-state index >= 15 is 0 Å². The van der Waals surface area contributed by atoms with Gasteiger partial charge in [0.2, 0.25) is 0 Å². The Bertz CT molecular complexity index is 94.5. The van der Waals surface area contributed by atoms with E-state index in [0.717, 1.165) is 12.8 Å². The van der Waals surface area contributed by atoms with E-state index < -0.39 is 5.97 Å². The van der Waals surface area contributed by atoms with E-state index in [2.05, 4.69) is 18.5 Å². The van der Waals surface area contributed by atoms with Crippen molar-refractivity contribution in [3.05, 3.63) is 0 Å². The lowest BCUT2D eigenvalue weighted by molar-refractivity contribution is -0.137. The zero-order chi connectivity index (χ0) is 9.82. The summed E-state index contributed by atoms with van der Waals surface area (Å²) >= 11 is 4.64. The van der Waals surface area contributed by atoms with Crippen molar-refractivity contribution in [1.29, 1.82) is 0 Å². The fraction of sp³-hybridized carbons (Fsp3) is 0.889. The topological polar surface area (TPSA) is 37.3 Å². The summed E-state index contributed by atoms with van der Waals surface area (Å²) in [6, 6.07) is 0. The first-order valence-electron chi connectivity index (χ1n) is 4.37. The van der Waals surface area contributed by atoms with Crippen molar-refractivity contribution >= 4 is 17.6 Å². The molecule has 0 bridgehead atoms. The largest absolute Gasteiger partial charge is 0.481 e. The second-order valence-corrected chi connectivity index (χ2v) is 2.56. The van der Waals surface area contributed by atoms with E-state index in [1.165, 1.54) is 25.6 Å². The van der Waals surface area contributed by atoms with Crippen LogP contribution >= 0.6 is 11.6 Å². The number of unbranched alkanes of at least 4 members (excludes halogenated alkanes) is 4. The van der Waals surface area contributed by atoms with Crippen LogP contribution in [-0.2, 0) is 4.79 Å². The molecule has 0 saturated carbocycles. The molecule has 0 rings (SSSR count). The second-order valence-electron chi connectivity index (χ2n) is 2.56. The third-order valence-electron chi connectivity index (χ3n) is 1.49. The van der Waals surface area contributed by atoms with Gasteiger partial charge in [-0.1, -0.05) is 32.6 Å². The zero-order valence-corrected chi connectivity index (χ0v) is 8.73. The van der Waals surface area contributed by atoms with Crippen molar-refractivity contribution in [2.75, 3.05) is 6.38 Å². The highest BCUT2D eigenvalue weighted by atomic mass is 35.5. The Labute approximate surface area is 79.9 Å². The van der Waals surface area contributed by atoms with Gasteiger partial charge < -0.3 is 5.11 Å². The third-order valence-corrected chi connectivity index (χ3v) is 1.49. The zero-order valence-electron chi connectivity index (χ0n) is 7.98. The Balaban J connectivity index is 0. The number of carboxylic acid groups (broad SMARTS) is 1. The van der Waals surface area contributed by atoms with E-state index in [1.807, 2.05) is 0 Å². The van der Waals surface area contributed by atoms with Crippen LogP contribution in [0.15, 0.2) is 0 Å². The van der Waals surface area contributed by atoms with Crippen LogP contribution in [0.2, 0.25) is 0 Å². The van der Waals surface area contributed by atoms with Crippen LogP contribution in [0.1, 0.15) is 45.4 Å². The maximum absolute atomic E-state index is 10.0. The second kappa shape index (κ2) is 13.4. The highest BCUT2D eigenvalue weighted by Crippen LogP contribution is 2.04. The van der Waals surface area contributed by atoms with Gasteiger partial charge in [0.1, 0.15) is 0 Å². The molecule has 0 aliphatic heterocycles. The van der Waals surface area contributed by atoms with Gasteiger partial charge in [-0.05, 0) is 6.42 Å². The van der Waals surface area contributed by atoms with Gasteiger partial charge >= 0.3 is 5.97 Å². The summed E-state index contributed by atoms with van der Waals surface area (Å²) in [4.78, 5) is 10.0. The molecule has 0 aliphatic rings. The summed E-state index contributed by atoms with van der Waals surface area (Å²) in [5, 5.41) is 8.27. The number of alkyl halides is 1. The van der Waals surface area contributed by atoms with Crippen molar-refractivity contribution < 1.29 is 9.90 Å². The van der Waals surface area contributed by atoms with E-state index in [9.17, 15) is 4.79 Å². The van der Waals surface area contributed by atoms with Crippen molar-refractivity contribution in [3.8, 4) is 0 Å². The molecule has 12 heavy (non-hydrogen) atoms. The first kappa shape index (κ1) is 14.3. The molecule has 0 spiro atoms. The number of hydrogen-bond acceptors (Lipinski definition) is 1. The predicted molar refractivity (Wildman–Crippen MR) is 52.8 cm³/mol. The lowest BCUT2D eigenvalue weighted by atomic mass is 10.1. The van der Waals surface area contributed by atoms with E-state index in [4.69, 9.17) is 5.11 Å². The Morgan fingerprint density at radius 1 is 1.17 bits per heavy atom. The maximum atomic E-state index is 10.0. The van der Waals surface area contributed by atoms with Gasteiger partial charge in [0.25, 0.3) is 0 Å². The predicted octanol–water partition coefficient (Wildman–Crippen LogP) is 3.29. The standard InChI is InChI=1S/C8H16O2.CH3Cl/c1-2-3-4-5-6-7-8(9)10;1-2/h2-7H2,1H3,(H,9,10);1H3. The Morgan fingerprint density at radius 3 is 2.08 bits per heavy atom. The summed E-state index contributed by atoms with van der Waals surface area (Å²) < 4.78 is 0. The molecule has 0 aromatic heterocycles. The molecule has 0 aliphatic carbocycles. The molecule has 0 amide bonds. The maximum Gasteiger partial charge on any atom is 0.303 e. The molecule has 0 radical (unpaired) electrons. The van der Waals surface area contributed by atoms with Gasteiger partial charge in [-0.15, -0.1) is 11.6 Å². The van der Waals surface area contributed by atoms with Crippen LogP contribution in [-0.4, -0.2) is 17.5 Å². The minimum atomic E-state index is -0.670. The molecule has 0 heterocycles. The first-order valence-corrected chi connectivity index (χ1v) is 5.12. The summed E-state index contributed by atoms with van der Waals surface area (Å²) in [7, 11) is 0. The fourth-order valence-corrected chi connectivity index (χ4v) is 0.880. The first-order chi connectivity index (χ1) is 5.77. The molecular formula is C9H19ClO2. The molecule has 0 unspecified atom stereocenters. The summed E-state index contributed by atoms with van der Waals surface area (Å²) in [5.41, 5.74) is 0. The quantitative estimate of drug-likeness (QED) is 0.521. The van der Waals surface area contributed by atoms with Gasteiger partial charge in [-0.3, -0.25) is 4.79 Å². The number of carboxylic acids is 1. The van der Waals surface area contributed by atoms with Crippen LogP contribution in [0.4, 0.5) is 0 Å².